The number of hydrogen-bond donors (Lipinski definition) is 1. The molecule has 5 nitrogen and oxygen atoms in total. The number of halogens is 1. The first-order valence-corrected chi connectivity index (χ1v) is 11.9. The van der Waals surface area contributed by atoms with Gasteiger partial charge >= 0.3 is 0 Å². The van der Waals surface area contributed by atoms with Crippen LogP contribution in [0.4, 0.5) is 11.4 Å². The number of amides is 2. The summed E-state index contributed by atoms with van der Waals surface area (Å²) in [6, 6.07) is 21.9. The number of rotatable bonds is 8. The zero-order chi connectivity index (χ0) is 23.4. The van der Waals surface area contributed by atoms with Crippen LogP contribution in [-0.2, 0) is 16.0 Å². The maximum atomic E-state index is 13.5. The van der Waals surface area contributed by atoms with Crippen LogP contribution in [-0.4, -0.2) is 18.4 Å². The number of nitrogens with zero attached hydrogens (tertiary/aromatic N) is 1. The highest BCUT2D eigenvalue weighted by atomic mass is 35.5. The minimum Gasteiger partial charge on any atom is -0.494 e. The number of imide groups is 1. The first kappa shape index (κ1) is 23.0. The van der Waals surface area contributed by atoms with E-state index in [0.29, 0.717) is 28.0 Å². The molecule has 1 aliphatic heterocycles. The summed E-state index contributed by atoms with van der Waals surface area (Å²) in [7, 11) is 0. The molecule has 3 aromatic rings. The van der Waals surface area contributed by atoms with E-state index < -0.39 is 5.91 Å². The van der Waals surface area contributed by atoms with Crippen molar-refractivity contribution in [3.05, 3.63) is 94.0 Å². The third-order valence-electron chi connectivity index (χ3n) is 5.14. The monoisotopic (exact) mass is 478 g/mol. The quantitative estimate of drug-likeness (QED) is 0.385. The number of nitrogens with one attached hydrogen (secondary N) is 1. The van der Waals surface area contributed by atoms with Crippen LogP contribution in [0.15, 0.2) is 88.3 Å². The summed E-state index contributed by atoms with van der Waals surface area (Å²) < 4.78 is 5.49. The van der Waals surface area contributed by atoms with Crippen molar-refractivity contribution in [2.24, 2.45) is 0 Å². The number of carbonyl (C=O) groups excluding carboxylic acids is 2. The number of aryl methyl sites for hydroxylation is 1. The van der Waals surface area contributed by atoms with Crippen molar-refractivity contribution in [3.63, 3.8) is 0 Å². The van der Waals surface area contributed by atoms with Gasteiger partial charge in [0.25, 0.3) is 11.8 Å². The van der Waals surface area contributed by atoms with Crippen molar-refractivity contribution >= 4 is 46.6 Å². The number of anilines is 2. The van der Waals surface area contributed by atoms with Gasteiger partial charge in [-0.05, 0) is 73.5 Å². The molecule has 4 rings (SSSR count). The Morgan fingerprint density at radius 1 is 0.909 bits per heavy atom. The lowest BCUT2D eigenvalue weighted by Gasteiger charge is -2.16. The maximum Gasteiger partial charge on any atom is 0.283 e. The molecule has 2 amide bonds. The summed E-state index contributed by atoms with van der Waals surface area (Å²) in [5.41, 5.74) is 2.61. The van der Waals surface area contributed by atoms with Gasteiger partial charge in [-0.15, -0.1) is 0 Å². The van der Waals surface area contributed by atoms with E-state index in [2.05, 4.69) is 5.32 Å². The van der Waals surface area contributed by atoms with Gasteiger partial charge in [-0.3, -0.25) is 9.59 Å². The molecule has 0 saturated heterocycles. The second kappa shape index (κ2) is 10.1. The van der Waals surface area contributed by atoms with Crippen molar-refractivity contribution < 1.29 is 14.3 Å². The van der Waals surface area contributed by atoms with Crippen molar-refractivity contribution in [3.8, 4) is 5.75 Å². The fourth-order valence-corrected chi connectivity index (χ4v) is 4.57. The lowest BCUT2D eigenvalue weighted by Crippen LogP contribution is -2.32. The van der Waals surface area contributed by atoms with Gasteiger partial charge in [0.15, 0.2) is 0 Å². The van der Waals surface area contributed by atoms with Crippen LogP contribution in [0.3, 0.4) is 0 Å². The van der Waals surface area contributed by atoms with Gasteiger partial charge in [-0.2, -0.15) is 0 Å². The topological polar surface area (TPSA) is 58.6 Å². The summed E-state index contributed by atoms with van der Waals surface area (Å²) in [6.07, 6.45) is 0.793. The Kier molecular flexibility index (Phi) is 7.06. The number of carbonyl (C=O) groups is 2. The van der Waals surface area contributed by atoms with Gasteiger partial charge in [-0.25, -0.2) is 4.90 Å². The van der Waals surface area contributed by atoms with Gasteiger partial charge in [0.2, 0.25) is 0 Å². The molecule has 1 N–H and O–H groups in total. The second-order valence-electron chi connectivity index (χ2n) is 7.27. The Hall–Kier alpha value is -3.22. The van der Waals surface area contributed by atoms with E-state index in [9.17, 15) is 9.59 Å². The van der Waals surface area contributed by atoms with Crippen LogP contribution in [0.2, 0.25) is 5.02 Å². The van der Waals surface area contributed by atoms with Crippen LogP contribution >= 0.6 is 23.4 Å². The summed E-state index contributed by atoms with van der Waals surface area (Å²) in [4.78, 5) is 29.3. The molecule has 0 radical (unpaired) electrons. The minimum atomic E-state index is -0.397. The molecule has 0 atom stereocenters. The average Bonchev–Trinajstić information content (AvgIpc) is 3.05. The van der Waals surface area contributed by atoms with Gasteiger partial charge in [0, 0.05) is 15.6 Å². The summed E-state index contributed by atoms with van der Waals surface area (Å²) in [6.45, 7) is 4.49. The molecule has 0 spiro atoms. The van der Waals surface area contributed by atoms with Crippen molar-refractivity contribution in [1.29, 1.82) is 0 Å². The minimum absolute atomic E-state index is 0.259. The van der Waals surface area contributed by atoms with E-state index in [1.165, 1.54) is 16.7 Å². The predicted octanol–water partition coefficient (Wildman–Crippen LogP) is 6.29. The van der Waals surface area contributed by atoms with Gasteiger partial charge in [0.05, 0.1) is 12.3 Å². The maximum absolute atomic E-state index is 13.5. The molecule has 0 aliphatic carbocycles. The van der Waals surface area contributed by atoms with E-state index in [-0.39, 0.29) is 11.6 Å². The van der Waals surface area contributed by atoms with Gasteiger partial charge in [0.1, 0.15) is 16.4 Å². The standard InChI is InChI=1S/C26H23ClN2O3S/c1-3-17-7-5-6-8-22(17)28-23-24(33-21-15-9-18(27)10-16-21)26(31)29(25(23)30)19-11-13-20(14-12-19)32-4-2/h5-16,28H,3-4H2,1-2H3. The Morgan fingerprint density at radius 3 is 2.27 bits per heavy atom. The highest BCUT2D eigenvalue weighted by molar-refractivity contribution is 8.04. The van der Waals surface area contributed by atoms with Crippen LogP contribution in [0.25, 0.3) is 0 Å². The van der Waals surface area contributed by atoms with Crippen LogP contribution in [0, 0.1) is 0 Å². The Morgan fingerprint density at radius 2 is 1.61 bits per heavy atom. The Labute approximate surface area is 202 Å². The number of hydrogen-bond acceptors (Lipinski definition) is 5. The normalized spacial score (nSPS) is 13.6. The molecule has 0 fully saturated rings. The first-order valence-electron chi connectivity index (χ1n) is 10.7. The molecule has 3 aromatic carbocycles. The molecule has 7 heteroatoms. The number of para-hydroxylation sites is 1. The molecule has 0 saturated carbocycles. The van der Waals surface area contributed by atoms with Crippen molar-refractivity contribution in [2.45, 2.75) is 25.2 Å². The summed E-state index contributed by atoms with van der Waals surface area (Å²) >= 11 is 7.26. The fourth-order valence-electron chi connectivity index (χ4n) is 3.51. The smallest absolute Gasteiger partial charge is 0.283 e. The highest BCUT2D eigenvalue weighted by Crippen LogP contribution is 2.38. The molecule has 1 heterocycles. The molecule has 0 aromatic heterocycles. The lowest BCUT2D eigenvalue weighted by molar-refractivity contribution is -0.120. The van der Waals surface area contributed by atoms with E-state index in [0.717, 1.165) is 22.6 Å². The van der Waals surface area contributed by atoms with E-state index in [1.54, 1.807) is 36.4 Å². The van der Waals surface area contributed by atoms with Crippen molar-refractivity contribution in [2.75, 3.05) is 16.8 Å². The number of ether oxygens (including phenoxy) is 1. The van der Waals surface area contributed by atoms with Gasteiger partial charge < -0.3 is 10.1 Å². The number of benzene rings is 3. The second-order valence-corrected chi connectivity index (χ2v) is 8.79. The lowest BCUT2D eigenvalue weighted by atomic mass is 10.1. The molecule has 0 unspecified atom stereocenters. The molecule has 1 aliphatic rings. The Balaban J connectivity index is 1.72. The third-order valence-corrected chi connectivity index (χ3v) is 6.48. The third kappa shape index (κ3) is 4.92. The van der Waals surface area contributed by atoms with E-state index in [4.69, 9.17) is 16.3 Å². The SMILES string of the molecule is CCOc1ccc(N2C(=O)C(Nc3ccccc3CC)=C(Sc3ccc(Cl)cc3)C2=O)cc1. The predicted molar refractivity (Wildman–Crippen MR) is 134 cm³/mol. The summed E-state index contributed by atoms with van der Waals surface area (Å²) in [5.74, 6) is -0.0913. The van der Waals surface area contributed by atoms with E-state index in [1.807, 2.05) is 50.2 Å². The van der Waals surface area contributed by atoms with Crippen molar-refractivity contribution in [1.82, 2.24) is 0 Å². The zero-order valence-corrected chi connectivity index (χ0v) is 19.9. The largest absolute Gasteiger partial charge is 0.494 e. The summed E-state index contributed by atoms with van der Waals surface area (Å²) in [5, 5.41) is 3.85. The Bertz CT molecular complexity index is 1210. The zero-order valence-electron chi connectivity index (χ0n) is 18.3. The molecular formula is C26H23ClN2O3S. The van der Waals surface area contributed by atoms with Crippen LogP contribution < -0.4 is 15.0 Å². The fraction of sp³-hybridized carbons (Fsp3) is 0.154. The molecule has 33 heavy (non-hydrogen) atoms. The van der Waals surface area contributed by atoms with Crippen LogP contribution in [0.5, 0.6) is 5.75 Å². The average molecular weight is 479 g/mol. The molecule has 0 bridgehead atoms. The van der Waals surface area contributed by atoms with Crippen LogP contribution in [0.1, 0.15) is 19.4 Å². The van der Waals surface area contributed by atoms with Gasteiger partial charge in [-0.1, -0.05) is 48.5 Å². The first-order chi connectivity index (χ1) is 16.0. The number of thioether (sulfide) groups is 1. The van der Waals surface area contributed by atoms with E-state index >= 15 is 0 Å². The molecular weight excluding hydrogens is 456 g/mol. The highest BCUT2D eigenvalue weighted by Gasteiger charge is 2.40. The molecule has 168 valence electrons.